The number of amides is 1. The number of aromatic nitrogens is 1. The molecule has 1 heterocycles. The Morgan fingerprint density at radius 2 is 2.17 bits per heavy atom. The number of nitrogens with zero attached hydrogens (tertiary/aromatic N) is 2. The fraction of sp³-hybridized carbons (Fsp3) is 0.263. The number of hydrogen-bond donors (Lipinski definition) is 1. The molecule has 0 saturated heterocycles. The predicted octanol–water partition coefficient (Wildman–Crippen LogP) is 2.98. The van der Waals surface area contributed by atoms with Crippen molar-refractivity contribution in [3.8, 4) is 17.3 Å². The van der Waals surface area contributed by atoms with E-state index in [1.165, 1.54) is 0 Å². The standard InChI is InChI=1S/C19H19N3O2.H2/c1-3-22-17-9-8-14(24-2)10-15(17)16(11-20)18(22)12-4-6-13(7-5-12)19(21)23;/h4-9,14H,3,10H2,1-2H3,(H2,21,23);1H. The maximum absolute atomic E-state index is 11.3. The zero-order valence-electron chi connectivity index (χ0n) is 13.7. The van der Waals surface area contributed by atoms with Crippen LogP contribution in [0.2, 0.25) is 0 Å². The summed E-state index contributed by atoms with van der Waals surface area (Å²) in [5, 5.41) is 9.74. The molecule has 0 aliphatic heterocycles. The van der Waals surface area contributed by atoms with Crippen molar-refractivity contribution in [2.45, 2.75) is 26.0 Å². The molecule has 1 amide bonds. The van der Waals surface area contributed by atoms with Crippen molar-refractivity contribution in [1.82, 2.24) is 4.57 Å². The molecule has 124 valence electrons. The third-order valence-electron chi connectivity index (χ3n) is 4.46. The molecule has 0 spiro atoms. The van der Waals surface area contributed by atoms with Gasteiger partial charge in [-0.2, -0.15) is 5.26 Å². The Labute approximate surface area is 142 Å². The van der Waals surface area contributed by atoms with Crippen LogP contribution in [0.4, 0.5) is 0 Å². The second kappa shape index (κ2) is 6.34. The Morgan fingerprint density at radius 3 is 2.71 bits per heavy atom. The number of primary amides is 1. The van der Waals surface area contributed by atoms with E-state index >= 15 is 0 Å². The topological polar surface area (TPSA) is 81.0 Å². The highest BCUT2D eigenvalue weighted by molar-refractivity contribution is 5.93. The number of methoxy groups -OCH3 is 1. The van der Waals surface area contributed by atoms with Crippen molar-refractivity contribution in [2.24, 2.45) is 5.73 Å². The lowest BCUT2D eigenvalue weighted by molar-refractivity contribution is 0.100. The number of carbonyl (C=O) groups is 1. The zero-order chi connectivity index (χ0) is 17.3. The molecule has 5 heteroatoms. The van der Waals surface area contributed by atoms with Crippen LogP contribution in [-0.2, 0) is 17.7 Å². The summed E-state index contributed by atoms with van der Waals surface area (Å²) in [7, 11) is 1.67. The fourth-order valence-corrected chi connectivity index (χ4v) is 3.26. The number of rotatable bonds is 4. The Balaban J connectivity index is 0.00000225. The first-order chi connectivity index (χ1) is 11.6. The number of carbonyl (C=O) groups excluding carboxylic acids is 1. The van der Waals surface area contributed by atoms with Crippen molar-refractivity contribution in [3.63, 3.8) is 0 Å². The van der Waals surface area contributed by atoms with E-state index in [9.17, 15) is 10.1 Å². The van der Waals surface area contributed by atoms with Crippen LogP contribution in [0, 0.1) is 11.3 Å². The van der Waals surface area contributed by atoms with Gasteiger partial charge < -0.3 is 15.0 Å². The van der Waals surface area contributed by atoms with E-state index in [0.717, 1.165) is 29.1 Å². The minimum atomic E-state index is -0.460. The Morgan fingerprint density at radius 1 is 1.46 bits per heavy atom. The summed E-state index contributed by atoms with van der Waals surface area (Å²) in [6.07, 6.45) is 4.72. The Kier molecular flexibility index (Phi) is 4.24. The van der Waals surface area contributed by atoms with Gasteiger partial charge >= 0.3 is 0 Å². The average molecular weight is 323 g/mol. The van der Waals surface area contributed by atoms with Crippen LogP contribution in [-0.4, -0.2) is 23.7 Å². The summed E-state index contributed by atoms with van der Waals surface area (Å²) in [6.45, 7) is 2.80. The van der Waals surface area contributed by atoms with Crippen molar-refractivity contribution in [2.75, 3.05) is 7.11 Å². The van der Waals surface area contributed by atoms with Crippen molar-refractivity contribution >= 4 is 12.0 Å². The second-order valence-electron chi connectivity index (χ2n) is 5.72. The maximum atomic E-state index is 11.3. The number of nitrogens with two attached hydrogens (primary N) is 1. The molecule has 0 radical (unpaired) electrons. The molecule has 24 heavy (non-hydrogen) atoms. The van der Waals surface area contributed by atoms with E-state index in [1.807, 2.05) is 24.3 Å². The largest absolute Gasteiger partial charge is 0.377 e. The molecule has 3 rings (SSSR count). The average Bonchev–Trinajstić information content (AvgIpc) is 2.94. The molecule has 0 fully saturated rings. The first-order valence-electron chi connectivity index (χ1n) is 7.87. The second-order valence-corrected chi connectivity index (χ2v) is 5.72. The lowest BCUT2D eigenvalue weighted by Crippen LogP contribution is -2.15. The number of nitriles is 1. The maximum Gasteiger partial charge on any atom is 0.248 e. The van der Waals surface area contributed by atoms with Gasteiger partial charge in [0.05, 0.1) is 17.4 Å². The van der Waals surface area contributed by atoms with Gasteiger partial charge in [-0.05, 0) is 36.3 Å². The number of ether oxygens (including phenoxy) is 1. The molecule has 1 aromatic carbocycles. The first-order valence-corrected chi connectivity index (χ1v) is 7.87. The lowest BCUT2D eigenvalue weighted by Gasteiger charge is -2.17. The first kappa shape index (κ1) is 16.0. The molecule has 1 atom stereocenters. The molecule has 5 nitrogen and oxygen atoms in total. The Hall–Kier alpha value is -2.84. The zero-order valence-corrected chi connectivity index (χ0v) is 13.7. The molecule has 1 unspecified atom stereocenters. The van der Waals surface area contributed by atoms with Crippen molar-refractivity contribution in [3.05, 3.63) is 52.7 Å². The number of benzene rings is 1. The molecule has 1 aromatic heterocycles. The normalized spacial score (nSPS) is 15.8. The van der Waals surface area contributed by atoms with Crippen LogP contribution in [0.5, 0.6) is 0 Å². The van der Waals surface area contributed by atoms with Gasteiger partial charge in [-0.1, -0.05) is 18.2 Å². The van der Waals surface area contributed by atoms with Crippen LogP contribution in [0.25, 0.3) is 17.3 Å². The van der Waals surface area contributed by atoms with Gasteiger partial charge in [-0.25, -0.2) is 0 Å². The van der Waals surface area contributed by atoms with Crippen molar-refractivity contribution in [1.29, 1.82) is 5.26 Å². The van der Waals surface area contributed by atoms with E-state index in [2.05, 4.69) is 17.6 Å². The summed E-state index contributed by atoms with van der Waals surface area (Å²) in [6, 6.07) is 9.42. The summed E-state index contributed by atoms with van der Waals surface area (Å²) >= 11 is 0. The highest BCUT2D eigenvalue weighted by Crippen LogP contribution is 2.35. The number of hydrogen-bond acceptors (Lipinski definition) is 3. The number of fused-ring (bicyclic) bond motifs is 1. The Bertz CT molecular complexity index is 860. The predicted molar refractivity (Wildman–Crippen MR) is 94.4 cm³/mol. The monoisotopic (exact) mass is 323 g/mol. The van der Waals surface area contributed by atoms with Gasteiger partial charge in [-0.15, -0.1) is 0 Å². The van der Waals surface area contributed by atoms with Gasteiger partial charge in [0.15, 0.2) is 0 Å². The van der Waals surface area contributed by atoms with Gasteiger partial charge in [0.1, 0.15) is 6.07 Å². The SMILES string of the molecule is CCn1c2c(c(C#N)c1-c1ccc(C(N)=O)cc1)CC(OC)C=C2.[HH]. The molecule has 2 aromatic rings. The van der Waals surface area contributed by atoms with Crippen LogP contribution in [0.1, 0.15) is 35.5 Å². The van der Waals surface area contributed by atoms with Gasteiger partial charge in [0.2, 0.25) is 5.91 Å². The van der Waals surface area contributed by atoms with E-state index in [1.54, 1.807) is 19.2 Å². The highest BCUT2D eigenvalue weighted by Gasteiger charge is 2.26. The summed E-state index contributed by atoms with van der Waals surface area (Å²) in [4.78, 5) is 11.3. The van der Waals surface area contributed by atoms with Crippen LogP contribution in [0.3, 0.4) is 0 Å². The van der Waals surface area contributed by atoms with E-state index < -0.39 is 5.91 Å². The lowest BCUT2D eigenvalue weighted by atomic mass is 9.96. The van der Waals surface area contributed by atoms with Gasteiger partial charge in [-0.3, -0.25) is 4.79 Å². The van der Waals surface area contributed by atoms with Crippen LogP contribution >= 0.6 is 0 Å². The van der Waals surface area contributed by atoms with Crippen LogP contribution in [0.15, 0.2) is 30.3 Å². The molecular weight excluding hydrogens is 302 g/mol. The van der Waals surface area contributed by atoms with Crippen molar-refractivity contribution < 1.29 is 11.0 Å². The quantitative estimate of drug-likeness (QED) is 0.939. The van der Waals surface area contributed by atoms with Crippen LogP contribution < -0.4 is 5.73 Å². The van der Waals surface area contributed by atoms with E-state index in [-0.39, 0.29) is 7.53 Å². The van der Waals surface area contributed by atoms with E-state index in [4.69, 9.17) is 10.5 Å². The minimum absolute atomic E-state index is 0. The minimum Gasteiger partial charge on any atom is -0.377 e. The third-order valence-corrected chi connectivity index (χ3v) is 4.46. The molecular formula is C19H21N3O2. The molecule has 2 N–H and O–H groups in total. The molecule has 0 bridgehead atoms. The van der Waals surface area contributed by atoms with E-state index in [0.29, 0.717) is 17.5 Å². The molecule has 1 aliphatic carbocycles. The summed E-state index contributed by atoms with van der Waals surface area (Å²) < 4.78 is 7.56. The summed E-state index contributed by atoms with van der Waals surface area (Å²) in [5.41, 5.74) is 10.3. The molecule has 0 saturated carbocycles. The summed E-state index contributed by atoms with van der Waals surface area (Å²) in [5.74, 6) is -0.460. The molecule has 1 aliphatic rings. The van der Waals surface area contributed by atoms with Gasteiger partial charge in [0, 0.05) is 32.8 Å². The van der Waals surface area contributed by atoms with Gasteiger partial charge in [0.25, 0.3) is 0 Å². The smallest absolute Gasteiger partial charge is 0.248 e. The third kappa shape index (κ3) is 2.51. The highest BCUT2D eigenvalue weighted by atomic mass is 16.5. The fourth-order valence-electron chi connectivity index (χ4n) is 3.26.